The van der Waals surface area contributed by atoms with E-state index in [-0.39, 0.29) is 5.91 Å². The lowest BCUT2D eigenvalue weighted by atomic mass is 10.1. The van der Waals surface area contributed by atoms with E-state index in [4.69, 9.17) is 5.84 Å². The molecule has 0 unspecified atom stereocenters. The van der Waals surface area contributed by atoms with Gasteiger partial charge in [0.05, 0.1) is 5.56 Å². The molecule has 1 fully saturated rings. The Labute approximate surface area is 101 Å². The predicted octanol–water partition coefficient (Wildman–Crippen LogP) is 1.29. The average molecular weight is 234 g/mol. The van der Waals surface area contributed by atoms with E-state index in [2.05, 4.69) is 15.7 Å². The molecule has 0 spiro atoms. The number of hydrogen-bond donors (Lipinski definition) is 3. The molecule has 0 radical (unpaired) electrons. The number of amides is 1. The summed E-state index contributed by atoms with van der Waals surface area (Å²) in [5.74, 6) is 6.35. The molecule has 92 valence electrons. The first-order valence-electron chi connectivity index (χ1n) is 6.00. The van der Waals surface area contributed by atoms with E-state index < -0.39 is 0 Å². The number of pyridine rings is 1. The summed E-state index contributed by atoms with van der Waals surface area (Å²) in [6.45, 7) is 0.774. The molecule has 5 heteroatoms. The van der Waals surface area contributed by atoms with E-state index in [1.165, 1.54) is 31.9 Å². The van der Waals surface area contributed by atoms with Crippen molar-refractivity contribution in [2.45, 2.75) is 25.7 Å². The monoisotopic (exact) mass is 234 g/mol. The lowest BCUT2D eigenvalue weighted by Gasteiger charge is -2.10. The first-order chi connectivity index (χ1) is 8.29. The van der Waals surface area contributed by atoms with Gasteiger partial charge in [-0.1, -0.05) is 12.8 Å². The molecule has 2 rings (SSSR count). The second kappa shape index (κ2) is 5.63. The minimum Gasteiger partial charge on any atom is -0.352 e. The minimum absolute atomic E-state index is 0.0621. The number of aromatic nitrogens is 1. The molecule has 1 aromatic heterocycles. The molecule has 0 aromatic carbocycles. The quantitative estimate of drug-likeness (QED) is 0.541. The van der Waals surface area contributed by atoms with Gasteiger partial charge in [-0.2, -0.15) is 0 Å². The Balaban J connectivity index is 1.85. The Kier molecular flexibility index (Phi) is 3.93. The van der Waals surface area contributed by atoms with Gasteiger partial charge in [-0.05, 0) is 30.9 Å². The highest BCUT2D eigenvalue weighted by molar-refractivity contribution is 5.94. The van der Waals surface area contributed by atoms with Gasteiger partial charge in [-0.3, -0.25) is 4.79 Å². The molecule has 0 saturated heterocycles. The summed E-state index contributed by atoms with van der Waals surface area (Å²) in [5.41, 5.74) is 3.00. The zero-order chi connectivity index (χ0) is 12.1. The van der Waals surface area contributed by atoms with Gasteiger partial charge in [0, 0.05) is 12.7 Å². The third kappa shape index (κ3) is 3.17. The van der Waals surface area contributed by atoms with E-state index >= 15 is 0 Å². The summed E-state index contributed by atoms with van der Waals surface area (Å²) in [6, 6.07) is 3.40. The van der Waals surface area contributed by atoms with E-state index in [1.54, 1.807) is 12.1 Å². The molecule has 1 amide bonds. The van der Waals surface area contributed by atoms with Crippen molar-refractivity contribution >= 4 is 11.7 Å². The molecule has 0 bridgehead atoms. The van der Waals surface area contributed by atoms with Crippen LogP contribution in [0.3, 0.4) is 0 Å². The molecular formula is C12H18N4O. The van der Waals surface area contributed by atoms with Crippen molar-refractivity contribution in [2.75, 3.05) is 12.0 Å². The van der Waals surface area contributed by atoms with E-state index in [0.29, 0.717) is 17.3 Å². The number of nitrogen functional groups attached to an aromatic ring is 1. The number of nitrogens with two attached hydrogens (primary N) is 1. The molecular weight excluding hydrogens is 216 g/mol. The van der Waals surface area contributed by atoms with Gasteiger partial charge in [-0.15, -0.1) is 0 Å². The Hall–Kier alpha value is -1.62. The van der Waals surface area contributed by atoms with Crippen LogP contribution >= 0.6 is 0 Å². The van der Waals surface area contributed by atoms with Crippen LogP contribution in [-0.4, -0.2) is 17.4 Å². The fraction of sp³-hybridized carbons (Fsp3) is 0.500. The first-order valence-corrected chi connectivity index (χ1v) is 6.00. The van der Waals surface area contributed by atoms with Gasteiger partial charge in [0.25, 0.3) is 5.91 Å². The van der Waals surface area contributed by atoms with Gasteiger partial charge in [-0.25, -0.2) is 10.8 Å². The summed E-state index contributed by atoms with van der Waals surface area (Å²) >= 11 is 0. The fourth-order valence-corrected chi connectivity index (χ4v) is 2.17. The fourth-order valence-electron chi connectivity index (χ4n) is 2.17. The van der Waals surface area contributed by atoms with E-state index in [9.17, 15) is 4.79 Å². The highest BCUT2D eigenvalue weighted by Gasteiger charge is 2.16. The summed E-state index contributed by atoms with van der Waals surface area (Å²) < 4.78 is 0. The second-order valence-electron chi connectivity index (χ2n) is 4.44. The number of hydrogen-bond acceptors (Lipinski definition) is 4. The predicted molar refractivity (Wildman–Crippen MR) is 66.3 cm³/mol. The molecule has 5 nitrogen and oxygen atoms in total. The second-order valence-corrected chi connectivity index (χ2v) is 4.44. The Morgan fingerprint density at radius 2 is 2.18 bits per heavy atom. The van der Waals surface area contributed by atoms with Crippen LogP contribution in [0.4, 0.5) is 5.82 Å². The van der Waals surface area contributed by atoms with Gasteiger partial charge in [0.1, 0.15) is 5.82 Å². The molecule has 1 aliphatic rings. The van der Waals surface area contributed by atoms with Crippen LogP contribution in [0, 0.1) is 5.92 Å². The SMILES string of the molecule is NNc1ccc(C(=O)NCC2CCCC2)cn1. The van der Waals surface area contributed by atoms with E-state index in [0.717, 1.165) is 6.54 Å². The maximum absolute atomic E-state index is 11.8. The molecule has 17 heavy (non-hydrogen) atoms. The number of nitrogens with one attached hydrogen (secondary N) is 2. The molecule has 1 aromatic rings. The smallest absolute Gasteiger partial charge is 0.252 e. The van der Waals surface area contributed by atoms with Crippen LogP contribution in [0.2, 0.25) is 0 Å². The summed E-state index contributed by atoms with van der Waals surface area (Å²) in [5, 5.41) is 2.95. The van der Waals surface area contributed by atoms with Gasteiger partial charge >= 0.3 is 0 Å². The topological polar surface area (TPSA) is 80.0 Å². The van der Waals surface area contributed by atoms with Crippen molar-refractivity contribution in [2.24, 2.45) is 11.8 Å². The summed E-state index contributed by atoms with van der Waals surface area (Å²) in [7, 11) is 0. The minimum atomic E-state index is -0.0621. The third-order valence-corrected chi connectivity index (χ3v) is 3.20. The summed E-state index contributed by atoms with van der Waals surface area (Å²) in [6.07, 6.45) is 6.57. The van der Waals surface area contributed by atoms with Crippen molar-refractivity contribution in [3.63, 3.8) is 0 Å². The van der Waals surface area contributed by atoms with Crippen LogP contribution in [0.5, 0.6) is 0 Å². The van der Waals surface area contributed by atoms with Crippen LogP contribution < -0.4 is 16.6 Å². The molecule has 4 N–H and O–H groups in total. The largest absolute Gasteiger partial charge is 0.352 e. The number of hydrazine groups is 1. The van der Waals surface area contributed by atoms with Crippen molar-refractivity contribution < 1.29 is 4.79 Å². The zero-order valence-electron chi connectivity index (χ0n) is 9.78. The van der Waals surface area contributed by atoms with Crippen LogP contribution in [0.1, 0.15) is 36.0 Å². The molecule has 1 saturated carbocycles. The Morgan fingerprint density at radius 3 is 2.76 bits per heavy atom. The van der Waals surface area contributed by atoms with Crippen molar-refractivity contribution in [3.8, 4) is 0 Å². The molecule has 0 atom stereocenters. The number of nitrogens with zero attached hydrogens (tertiary/aromatic N) is 1. The van der Waals surface area contributed by atoms with Gasteiger partial charge < -0.3 is 10.7 Å². The summed E-state index contributed by atoms with van der Waals surface area (Å²) in [4.78, 5) is 15.8. The maximum Gasteiger partial charge on any atom is 0.252 e. The number of rotatable bonds is 4. The zero-order valence-corrected chi connectivity index (χ0v) is 9.78. The number of carbonyl (C=O) groups is 1. The highest BCUT2D eigenvalue weighted by Crippen LogP contribution is 2.23. The van der Waals surface area contributed by atoms with Crippen molar-refractivity contribution in [1.82, 2.24) is 10.3 Å². The number of anilines is 1. The highest BCUT2D eigenvalue weighted by atomic mass is 16.1. The molecule has 1 heterocycles. The van der Waals surface area contributed by atoms with Gasteiger partial charge in [0.15, 0.2) is 0 Å². The lowest BCUT2D eigenvalue weighted by Crippen LogP contribution is -2.28. The molecule has 1 aliphatic carbocycles. The Bertz CT molecular complexity index is 371. The van der Waals surface area contributed by atoms with Crippen LogP contribution in [-0.2, 0) is 0 Å². The van der Waals surface area contributed by atoms with Crippen LogP contribution in [0.15, 0.2) is 18.3 Å². The normalized spacial score (nSPS) is 15.8. The standard InChI is InChI=1S/C12H18N4O/c13-16-11-6-5-10(8-14-11)12(17)15-7-9-3-1-2-4-9/h5-6,8-9H,1-4,7,13H2,(H,14,16)(H,15,17). The van der Waals surface area contributed by atoms with Crippen molar-refractivity contribution in [1.29, 1.82) is 0 Å². The average Bonchev–Trinajstić information content (AvgIpc) is 2.89. The van der Waals surface area contributed by atoms with Gasteiger partial charge in [0.2, 0.25) is 0 Å². The van der Waals surface area contributed by atoms with Crippen molar-refractivity contribution in [3.05, 3.63) is 23.9 Å². The van der Waals surface area contributed by atoms with Crippen LogP contribution in [0.25, 0.3) is 0 Å². The lowest BCUT2D eigenvalue weighted by molar-refractivity contribution is 0.0947. The maximum atomic E-state index is 11.8. The van der Waals surface area contributed by atoms with E-state index in [1.807, 2.05) is 0 Å². The number of carbonyl (C=O) groups excluding carboxylic acids is 1. The Morgan fingerprint density at radius 1 is 1.41 bits per heavy atom. The third-order valence-electron chi connectivity index (χ3n) is 3.20. The molecule has 0 aliphatic heterocycles. The first kappa shape index (κ1) is 11.9.